The molecule has 0 aliphatic carbocycles. The van der Waals surface area contributed by atoms with E-state index < -0.39 is 0 Å². The molecule has 2 aromatic heterocycles. The molecule has 0 radical (unpaired) electrons. The summed E-state index contributed by atoms with van der Waals surface area (Å²) in [7, 11) is 0. The lowest BCUT2D eigenvalue weighted by Gasteiger charge is -2.31. The maximum atomic E-state index is 14.0. The summed E-state index contributed by atoms with van der Waals surface area (Å²) in [6.07, 6.45) is 2.04. The Labute approximate surface area is 232 Å². The van der Waals surface area contributed by atoms with Gasteiger partial charge in [0, 0.05) is 22.5 Å². The SMILES string of the molecule is CCOc1ccc([C@H]2c3cccn3-c3c(c(C)nn3-c3ccccc3)CN2C(=O)Nc2ccc(Cl)cc2)cc1. The minimum Gasteiger partial charge on any atom is -0.494 e. The number of nitrogens with one attached hydrogen (secondary N) is 1. The summed E-state index contributed by atoms with van der Waals surface area (Å²) in [5.41, 5.74) is 5.42. The molecule has 196 valence electrons. The second-order valence-corrected chi connectivity index (χ2v) is 9.84. The third-order valence-corrected chi connectivity index (χ3v) is 7.20. The summed E-state index contributed by atoms with van der Waals surface area (Å²) in [5.74, 6) is 1.72. The molecule has 0 fully saturated rings. The summed E-state index contributed by atoms with van der Waals surface area (Å²) < 4.78 is 9.80. The topological polar surface area (TPSA) is 64.3 Å². The molecule has 0 spiro atoms. The second kappa shape index (κ2) is 10.3. The Morgan fingerprint density at radius 1 is 1.00 bits per heavy atom. The minimum atomic E-state index is -0.362. The van der Waals surface area contributed by atoms with Gasteiger partial charge in [-0.15, -0.1) is 0 Å². The Bertz CT molecular complexity index is 1610. The van der Waals surface area contributed by atoms with Gasteiger partial charge >= 0.3 is 6.03 Å². The number of amides is 2. The van der Waals surface area contributed by atoms with Gasteiger partial charge in [0.15, 0.2) is 0 Å². The molecule has 0 unspecified atom stereocenters. The van der Waals surface area contributed by atoms with E-state index in [1.807, 2.05) is 90.3 Å². The highest BCUT2D eigenvalue weighted by molar-refractivity contribution is 6.30. The quantitative estimate of drug-likeness (QED) is 0.259. The van der Waals surface area contributed by atoms with E-state index in [2.05, 4.69) is 16.0 Å². The lowest BCUT2D eigenvalue weighted by Crippen LogP contribution is -2.38. The van der Waals surface area contributed by atoms with E-state index in [0.717, 1.165) is 39.8 Å². The summed E-state index contributed by atoms with van der Waals surface area (Å²) in [4.78, 5) is 15.9. The number of carbonyl (C=O) groups excluding carboxylic acids is 1. The van der Waals surface area contributed by atoms with Crippen LogP contribution >= 0.6 is 11.6 Å². The van der Waals surface area contributed by atoms with Gasteiger partial charge in [0.1, 0.15) is 11.6 Å². The maximum Gasteiger partial charge on any atom is 0.322 e. The molecule has 2 amide bonds. The largest absolute Gasteiger partial charge is 0.494 e. The lowest BCUT2D eigenvalue weighted by atomic mass is 10.0. The first-order valence-electron chi connectivity index (χ1n) is 12.9. The summed E-state index contributed by atoms with van der Waals surface area (Å²) in [6.45, 7) is 4.91. The van der Waals surface area contributed by atoms with Gasteiger partial charge in [-0.2, -0.15) is 5.10 Å². The number of urea groups is 1. The standard InChI is InChI=1S/C31H28ClN5O2/c1-3-39-26-17-11-22(12-18-26)29-28-10-7-19-35(28)30-27(21(2)34-37(30)25-8-5-4-6-9-25)20-36(29)31(38)33-24-15-13-23(32)14-16-24/h4-19,29H,3,20H2,1-2H3,(H,33,38)/t29-/m0/s1. The van der Waals surface area contributed by atoms with Crippen LogP contribution in [0.2, 0.25) is 5.02 Å². The van der Waals surface area contributed by atoms with E-state index in [9.17, 15) is 4.79 Å². The number of hydrogen-bond donors (Lipinski definition) is 1. The van der Waals surface area contributed by atoms with Gasteiger partial charge in [0.2, 0.25) is 0 Å². The van der Waals surface area contributed by atoms with Crippen LogP contribution < -0.4 is 10.1 Å². The lowest BCUT2D eigenvalue weighted by molar-refractivity contribution is 0.194. The van der Waals surface area contributed by atoms with Crippen molar-refractivity contribution in [1.29, 1.82) is 0 Å². The normalized spacial score (nSPS) is 14.3. The minimum absolute atomic E-state index is 0.219. The maximum absolute atomic E-state index is 14.0. The molecule has 39 heavy (non-hydrogen) atoms. The van der Waals surface area contributed by atoms with E-state index in [-0.39, 0.29) is 12.1 Å². The number of halogens is 1. The highest BCUT2D eigenvalue weighted by atomic mass is 35.5. The molecule has 3 aromatic carbocycles. The Morgan fingerprint density at radius 3 is 2.46 bits per heavy atom. The first kappa shape index (κ1) is 24.8. The van der Waals surface area contributed by atoms with Gasteiger partial charge in [0.05, 0.1) is 36.3 Å². The number of fused-ring (bicyclic) bond motifs is 3. The molecular weight excluding hydrogens is 510 g/mol. The molecule has 1 N–H and O–H groups in total. The van der Waals surface area contributed by atoms with Crippen molar-refractivity contribution in [3.05, 3.63) is 125 Å². The number of ether oxygens (including phenoxy) is 1. The summed E-state index contributed by atoms with van der Waals surface area (Å²) in [5, 5.41) is 8.60. The Balaban J connectivity index is 1.50. The van der Waals surface area contributed by atoms with Crippen molar-refractivity contribution >= 4 is 23.3 Å². The van der Waals surface area contributed by atoms with Gasteiger partial charge in [-0.25, -0.2) is 9.48 Å². The molecule has 1 aliphatic rings. The third kappa shape index (κ3) is 4.66. The zero-order valence-corrected chi connectivity index (χ0v) is 22.5. The van der Waals surface area contributed by atoms with Crippen LogP contribution in [0.4, 0.5) is 10.5 Å². The van der Waals surface area contributed by atoms with Gasteiger partial charge in [0.25, 0.3) is 0 Å². The number of hydrogen-bond acceptors (Lipinski definition) is 3. The highest BCUT2D eigenvalue weighted by Crippen LogP contribution is 2.39. The van der Waals surface area contributed by atoms with E-state index in [4.69, 9.17) is 21.4 Å². The first-order chi connectivity index (χ1) is 19.0. The number of benzene rings is 3. The number of aromatic nitrogens is 3. The zero-order chi connectivity index (χ0) is 26.9. The fourth-order valence-electron chi connectivity index (χ4n) is 5.14. The summed E-state index contributed by atoms with van der Waals surface area (Å²) in [6, 6.07) is 28.7. The Kier molecular flexibility index (Phi) is 6.59. The van der Waals surface area contributed by atoms with Crippen molar-refractivity contribution in [3.63, 3.8) is 0 Å². The zero-order valence-electron chi connectivity index (χ0n) is 21.7. The fraction of sp³-hybridized carbons (Fsp3) is 0.161. The molecule has 3 heterocycles. The van der Waals surface area contributed by atoms with Gasteiger partial charge in [-0.3, -0.25) is 0 Å². The number of aryl methyl sites for hydroxylation is 1. The van der Waals surface area contributed by atoms with E-state index in [0.29, 0.717) is 23.9 Å². The van der Waals surface area contributed by atoms with Crippen LogP contribution in [0.1, 0.15) is 35.5 Å². The second-order valence-electron chi connectivity index (χ2n) is 9.41. The van der Waals surface area contributed by atoms with Crippen molar-refractivity contribution in [1.82, 2.24) is 19.2 Å². The molecule has 0 bridgehead atoms. The van der Waals surface area contributed by atoms with Crippen molar-refractivity contribution in [2.24, 2.45) is 0 Å². The molecular formula is C31H28ClN5O2. The molecule has 7 nitrogen and oxygen atoms in total. The van der Waals surface area contributed by atoms with E-state index >= 15 is 0 Å². The molecule has 0 saturated heterocycles. The van der Waals surface area contributed by atoms with E-state index in [1.54, 1.807) is 24.3 Å². The molecule has 6 rings (SSSR count). The van der Waals surface area contributed by atoms with Crippen molar-refractivity contribution < 1.29 is 9.53 Å². The third-order valence-electron chi connectivity index (χ3n) is 6.95. The number of para-hydroxylation sites is 1. The molecule has 5 aromatic rings. The van der Waals surface area contributed by atoms with Crippen LogP contribution in [-0.4, -0.2) is 31.9 Å². The Morgan fingerprint density at radius 2 is 1.74 bits per heavy atom. The average Bonchev–Trinajstić information content (AvgIpc) is 3.51. The van der Waals surface area contributed by atoms with E-state index in [1.165, 1.54) is 0 Å². The monoisotopic (exact) mass is 537 g/mol. The average molecular weight is 538 g/mol. The predicted octanol–water partition coefficient (Wildman–Crippen LogP) is 7.16. The van der Waals surface area contributed by atoms with Crippen LogP contribution in [0.5, 0.6) is 5.75 Å². The van der Waals surface area contributed by atoms with Crippen LogP contribution in [-0.2, 0) is 6.54 Å². The Hall–Kier alpha value is -4.49. The van der Waals surface area contributed by atoms with Crippen LogP contribution in [0, 0.1) is 6.92 Å². The van der Waals surface area contributed by atoms with Crippen molar-refractivity contribution in [2.45, 2.75) is 26.4 Å². The van der Waals surface area contributed by atoms with Crippen molar-refractivity contribution in [2.75, 3.05) is 11.9 Å². The van der Waals surface area contributed by atoms with Gasteiger partial charge < -0.3 is 19.5 Å². The van der Waals surface area contributed by atoms with Crippen LogP contribution in [0.25, 0.3) is 11.5 Å². The predicted molar refractivity (Wildman–Crippen MR) is 153 cm³/mol. The van der Waals surface area contributed by atoms with Gasteiger partial charge in [-0.05, 0) is 80.1 Å². The highest BCUT2D eigenvalue weighted by Gasteiger charge is 2.36. The fourth-order valence-corrected chi connectivity index (χ4v) is 5.27. The van der Waals surface area contributed by atoms with Crippen LogP contribution in [0.15, 0.2) is 97.2 Å². The molecule has 1 aliphatic heterocycles. The smallest absolute Gasteiger partial charge is 0.322 e. The first-order valence-corrected chi connectivity index (χ1v) is 13.3. The molecule has 1 atom stereocenters. The number of carbonyl (C=O) groups is 1. The molecule has 8 heteroatoms. The van der Waals surface area contributed by atoms with Gasteiger partial charge in [-0.1, -0.05) is 41.9 Å². The van der Waals surface area contributed by atoms with Crippen LogP contribution in [0.3, 0.4) is 0 Å². The molecule has 0 saturated carbocycles. The summed E-state index contributed by atoms with van der Waals surface area (Å²) >= 11 is 6.08. The number of rotatable bonds is 5. The number of nitrogens with zero attached hydrogens (tertiary/aromatic N) is 4. The van der Waals surface area contributed by atoms with Crippen molar-refractivity contribution in [3.8, 4) is 17.3 Å². The number of anilines is 1.